The molecule has 160 valence electrons. The Kier molecular flexibility index (Phi) is 6.53. The fraction of sp³-hybridized carbons (Fsp3) is 0.250. The quantitative estimate of drug-likeness (QED) is 0.450. The molecule has 0 unspecified atom stereocenters. The Hall–Kier alpha value is -2.51. The summed E-state index contributed by atoms with van der Waals surface area (Å²) < 4.78 is 12.2. The molecule has 4 rings (SSSR count). The van der Waals surface area contributed by atoms with Crippen molar-refractivity contribution in [1.82, 2.24) is 4.90 Å². The van der Waals surface area contributed by atoms with E-state index in [0.29, 0.717) is 24.5 Å². The van der Waals surface area contributed by atoms with Gasteiger partial charge in [0.2, 0.25) is 0 Å². The maximum atomic E-state index is 12.8. The van der Waals surface area contributed by atoms with Crippen molar-refractivity contribution in [1.29, 1.82) is 0 Å². The van der Waals surface area contributed by atoms with Crippen LogP contribution in [0.5, 0.6) is 5.75 Å². The van der Waals surface area contributed by atoms with Crippen molar-refractivity contribution in [3.05, 3.63) is 86.5 Å². The smallest absolute Gasteiger partial charge is 0.338 e. The first-order chi connectivity index (χ1) is 15.0. The van der Waals surface area contributed by atoms with Crippen LogP contribution in [0, 0.1) is 6.92 Å². The predicted octanol–water partition coefficient (Wildman–Crippen LogP) is 6.10. The van der Waals surface area contributed by atoms with Gasteiger partial charge in [0.1, 0.15) is 12.4 Å². The number of nitrogens with zero attached hydrogens (tertiary/aromatic N) is 2. The molecule has 2 aromatic carbocycles. The highest BCUT2D eigenvalue weighted by atomic mass is 79.9. The number of halogens is 1. The minimum Gasteiger partial charge on any atom is -0.488 e. The molecule has 0 N–H and O–H groups in total. The number of hydrogen-bond acceptors (Lipinski definition) is 6. The Morgan fingerprint density at radius 2 is 1.97 bits per heavy atom. The summed E-state index contributed by atoms with van der Waals surface area (Å²) in [7, 11) is 0. The van der Waals surface area contributed by atoms with Crippen LogP contribution >= 0.6 is 27.7 Å². The first-order valence-electron chi connectivity index (χ1n) is 10.0. The second-order valence-electron chi connectivity index (χ2n) is 7.29. The van der Waals surface area contributed by atoms with Crippen molar-refractivity contribution in [3.8, 4) is 5.75 Å². The minimum absolute atomic E-state index is 0.305. The lowest BCUT2D eigenvalue weighted by Crippen LogP contribution is -2.34. The van der Waals surface area contributed by atoms with Gasteiger partial charge >= 0.3 is 5.97 Å². The average molecular weight is 499 g/mol. The third-order valence-corrected chi connectivity index (χ3v) is 6.49. The van der Waals surface area contributed by atoms with Crippen LogP contribution in [0.25, 0.3) is 0 Å². The minimum atomic E-state index is -0.339. The molecule has 0 radical (unpaired) electrons. The Bertz CT molecular complexity index is 1090. The second-order valence-corrected chi connectivity index (χ2v) is 9.02. The molecule has 1 atom stereocenters. The van der Waals surface area contributed by atoms with Crippen LogP contribution < -0.4 is 4.74 Å². The van der Waals surface area contributed by atoms with Gasteiger partial charge in [0.05, 0.1) is 28.4 Å². The first kappa shape index (κ1) is 21.7. The van der Waals surface area contributed by atoms with Crippen LogP contribution in [0.3, 0.4) is 0 Å². The molecule has 0 amide bonds. The summed E-state index contributed by atoms with van der Waals surface area (Å²) in [6.45, 7) is 6.53. The Morgan fingerprint density at radius 3 is 2.68 bits per heavy atom. The number of hydrogen-bond donors (Lipinski definition) is 0. The molecule has 2 heterocycles. The summed E-state index contributed by atoms with van der Waals surface area (Å²) in [5, 5.41) is 2.83. The Morgan fingerprint density at radius 1 is 1.19 bits per heavy atom. The molecule has 0 saturated heterocycles. The average Bonchev–Trinajstić information content (AvgIpc) is 3.21. The maximum absolute atomic E-state index is 12.8. The monoisotopic (exact) mass is 498 g/mol. The number of esters is 1. The molecule has 0 spiro atoms. The number of benzene rings is 2. The zero-order chi connectivity index (χ0) is 22.0. The number of allylic oxidation sites excluding steroid dienone is 1. The summed E-state index contributed by atoms with van der Waals surface area (Å²) >= 11 is 5.19. The highest BCUT2D eigenvalue weighted by Crippen LogP contribution is 2.42. The number of aliphatic imine (C=N–C) groups is 1. The van der Waals surface area contributed by atoms with E-state index in [0.717, 1.165) is 26.5 Å². The SMILES string of the molecule is CCOC(=O)C1=C(C)N=C2SC=CN2[C@H]1c1ccc(OCc2ccc(C)cc2)c(Br)c1. The highest BCUT2D eigenvalue weighted by molar-refractivity contribution is 9.10. The third-order valence-electron chi connectivity index (χ3n) is 5.10. The summed E-state index contributed by atoms with van der Waals surface area (Å²) in [5.74, 6) is 0.410. The molecule has 2 aliphatic heterocycles. The zero-order valence-corrected chi connectivity index (χ0v) is 20.0. The van der Waals surface area contributed by atoms with E-state index in [1.165, 1.54) is 5.56 Å². The van der Waals surface area contributed by atoms with Crippen LogP contribution in [0.1, 0.15) is 36.6 Å². The van der Waals surface area contributed by atoms with Crippen LogP contribution in [-0.2, 0) is 16.1 Å². The van der Waals surface area contributed by atoms with Gasteiger partial charge in [0.25, 0.3) is 0 Å². The second kappa shape index (κ2) is 9.32. The summed E-state index contributed by atoms with van der Waals surface area (Å²) in [6.07, 6.45) is 1.95. The lowest BCUT2D eigenvalue weighted by molar-refractivity contribution is -0.139. The molecule has 2 aliphatic rings. The first-order valence-corrected chi connectivity index (χ1v) is 11.7. The van der Waals surface area contributed by atoms with E-state index in [2.05, 4.69) is 52.1 Å². The van der Waals surface area contributed by atoms with Crippen LogP contribution in [0.2, 0.25) is 0 Å². The van der Waals surface area contributed by atoms with Crippen LogP contribution in [-0.4, -0.2) is 22.6 Å². The number of aryl methyl sites for hydroxylation is 1. The summed E-state index contributed by atoms with van der Waals surface area (Å²) in [5.41, 5.74) is 4.52. The zero-order valence-electron chi connectivity index (χ0n) is 17.6. The van der Waals surface area contributed by atoms with E-state index in [4.69, 9.17) is 9.47 Å². The lowest BCUT2D eigenvalue weighted by atomic mass is 9.95. The number of fused-ring (bicyclic) bond motifs is 1. The van der Waals surface area contributed by atoms with Crippen molar-refractivity contribution < 1.29 is 14.3 Å². The van der Waals surface area contributed by atoms with Gasteiger partial charge in [-0.1, -0.05) is 47.7 Å². The maximum Gasteiger partial charge on any atom is 0.338 e. The number of rotatable bonds is 6. The van der Waals surface area contributed by atoms with Gasteiger partial charge in [-0.25, -0.2) is 9.79 Å². The molecule has 7 heteroatoms. The largest absolute Gasteiger partial charge is 0.488 e. The van der Waals surface area contributed by atoms with E-state index < -0.39 is 0 Å². The van der Waals surface area contributed by atoms with E-state index in [1.807, 2.05) is 48.6 Å². The Labute approximate surface area is 195 Å². The van der Waals surface area contributed by atoms with Crippen LogP contribution in [0.4, 0.5) is 0 Å². The molecular formula is C24H23BrN2O3S. The molecule has 0 bridgehead atoms. The van der Waals surface area contributed by atoms with Gasteiger partial charge in [-0.2, -0.15) is 0 Å². The molecule has 31 heavy (non-hydrogen) atoms. The van der Waals surface area contributed by atoms with Gasteiger partial charge in [0.15, 0.2) is 5.17 Å². The molecule has 5 nitrogen and oxygen atoms in total. The Balaban J connectivity index is 1.62. The van der Waals surface area contributed by atoms with Crippen molar-refractivity contribution in [3.63, 3.8) is 0 Å². The molecular weight excluding hydrogens is 476 g/mol. The standard InChI is InChI=1S/C24H23BrN2O3S/c1-4-29-23(28)21-16(3)26-24-27(11-12-31-24)22(21)18-9-10-20(19(25)13-18)30-14-17-7-5-15(2)6-8-17/h5-13,22H,4,14H2,1-3H3/t22-/m0/s1. The molecule has 0 fully saturated rings. The highest BCUT2D eigenvalue weighted by Gasteiger charge is 2.37. The van der Waals surface area contributed by atoms with Gasteiger partial charge < -0.3 is 14.4 Å². The fourth-order valence-corrected chi connectivity index (χ4v) is 4.85. The van der Waals surface area contributed by atoms with Gasteiger partial charge in [0, 0.05) is 6.20 Å². The molecule has 0 saturated carbocycles. The van der Waals surface area contributed by atoms with Crippen molar-refractivity contribution >= 4 is 38.8 Å². The van der Waals surface area contributed by atoms with E-state index in [1.54, 1.807) is 11.8 Å². The molecule has 0 aliphatic carbocycles. The lowest BCUT2D eigenvalue weighted by Gasteiger charge is -2.33. The number of amidine groups is 1. The third kappa shape index (κ3) is 4.57. The summed E-state index contributed by atoms with van der Waals surface area (Å²) in [6, 6.07) is 13.9. The van der Waals surface area contributed by atoms with Crippen molar-refractivity contribution in [2.45, 2.75) is 33.4 Å². The number of thioether (sulfide) groups is 1. The van der Waals surface area contributed by atoms with Crippen molar-refractivity contribution in [2.24, 2.45) is 4.99 Å². The predicted molar refractivity (Wildman–Crippen MR) is 128 cm³/mol. The topological polar surface area (TPSA) is 51.1 Å². The van der Waals surface area contributed by atoms with Gasteiger partial charge in [-0.05, 0) is 65.4 Å². The number of ether oxygens (including phenoxy) is 2. The van der Waals surface area contributed by atoms with E-state index in [9.17, 15) is 4.79 Å². The van der Waals surface area contributed by atoms with Crippen molar-refractivity contribution in [2.75, 3.05) is 6.61 Å². The van der Waals surface area contributed by atoms with Crippen LogP contribution in [0.15, 0.2) is 74.8 Å². The number of carbonyl (C=O) groups is 1. The molecule has 2 aromatic rings. The van der Waals surface area contributed by atoms with Gasteiger partial charge in [-0.3, -0.25) is 0 Å². The fourth-order valence-electron chi connectivity index (χ4n) is 3.55. The normalized spacial score (nSPS) is 17.5. The summed E-state index contributed by atoms with van der Waals surface area (Å²) in [4.78, 5) is 19.4. The molecule has 0 aromatic heterocycles. The van der Waals surface area contributed by atoms with E-state index >= 15 is 0 Å². The van der Waals surface area contributed by atoms with Gasteiger partial charge in [-0.15, -0.1) is 0 Å². The number of carbonyl (C=O) groups excluding carboxylic acids is 1. The van der Waals surface area contributed by atoms with E-state index in [-0.39, 0.29) is 12.0 Å².